The van der Waals surface area contributed by atoms with E-state index in [-0.39, 0.29) is 11.9 Å². The third kappa shape index (κ3) is 3.60. The molecule has 2 N–H and O–H groups in total. The minimum Gasteiger partial charge on any atom is -0.324 e. The van der Waals surface area contributed by atoms with Crippen LogP contribution >= 0.6 is 11.8 Å². The molecule has 0 heterocycles. The average molecular weight is 286 g/mol. The Balaban J connectivity index is 2.03. The Morgan fingerprint density at radius 1 is 1.25 bits per heavy atom. The number of nitrogens with two attached hydrogens (primary N) is 1. The van der Waals surface area contributed by atoms with E-state index in [9.17, 15) is 4.39 Å². The molecule has 0 fully saturated rings. The molecule has 4 heteroatoms. The van der Waals surface area contributed by atoms with Gasteiger partial charge in [0.05, 0.1) is 11.6 Å². The first-order valence-electron chi connectivity index (χ1n) is 6.27. The van der Waals surface area contributed by atoms with Crippen molar-refractivity contribution in [2.45, 2.75) is 23.6 Å². The number of hydrogen-bond donors (Lipinski definition) is 1. The van der Waals surface area contributed by atoms with E-state index in [2.05, 4.69) is 0 Å². The Kier molecular flexibility index (Phi) is 4.78. The van der Waals surface area contributed by atoms with E-state index in [0.29, 0.717) is 16.9 Å². The average Bonchev–Trinajstić information content (AvgIpc) is 2.46. The molecule has 0 aliphatic heterocycles. The maximum Gasteiger partial charge on any atom is 0.128 e. The van der Waals surface area contributed by atoms with Crippen molar-refractivity contribution >= 4 is 11.8 Å². The summed E-state index contributed by atoms with van der Waals surface area (Å²) in [6.07, 6.45) is 0. The van der Waals surface area contributed by atoms with Crippen molar-refractivity contribution in [1.29, 1.82) is 5.26 Å². The molecular formula is C16H15FN2S. The van der Waals surface area contributed by atoms with Crippen LogP contribution in [0.3, 0.4) is 0 Å². The van der Waals surface area contributed by atoms with Gasteiger partial charge in [0.1, 0.15) is 5.82 Å². The van der Waals surface area contributed by atoms with Crippen molar-refractivity contribution in [1.82, 2.24) is 0 Å². The Morgan fingerprint density at radius 2 is 1.95 bits per heavy atom. The van der Waals surface area contributed by atoms with Crippen molar-refractivity contribution in [3.63, 3.8) is 0 Å². The molecule has 1 atom stereocenters. The number of benzene rings is 2. The van der Waals surface area contributed by atoms with Crippen LogP contribution in [0.5, 0.6) is 0 Å². The second-order valence-electron chi connectivity index (χ2n) is 4.56. The minimum atomic E-state index is -0.330. The normalized spacial score (nSPS) is 11.9. The summed E-state index contributed by atoms with van der Waals surface area (Å²) in [4.78, 5) is 1.07. The second-order valence-corrected chi connectivity index (χ2v) is 5.61. The van der Waals surface area contributed by atoms with Crippen molar-refractivity contribution < 1.29 is 4.39 Å². The molecule has 0 saturated carbocycles. The number of thioether (sulfide) groups is 1. The van der Waals surface area contributed by atoms with Crippen molar-refractivity contribution in [3.05, 3.63) is 65.0 Å². The zero-order chi connectivity index (χ0) is 14.5. The molecule has 0 bridgehead atoms. The summed E-state index contributed by atoms with van der Waals surface area (Å²) in [7, 11) is 0. The molecule has 20 heavy (non-hydrogen) atoms. The fraction of sp³-hybridized carbons (Fsp3) is 0.188. The Bertz CT molecular complexity index is 630. The van der Waals surface area contributed by atoms with E-state index in [1.54, 1.807) is 23.9 Å². The number of nitrogens with zero attached hydrogens (tertiary/aromatic N) is 1. The molecule has 0 radical (unpaired) electrons. The number of hydrogen-bond acceptors (Lipinski definition) is 3. The quantitative estimate of drug-likeness (QED) is 0.864. The van der Waals surface area contributed by atoms with Crippen LogP contribution in [0, 0.1) is 17.1 Å². The Labute approximate surface area is 122 Å². The first-order valence-corrected chi connectivity index (χ1v) is 7.25. The summed E-state index contributed by atoms with van der Waals surface area (Å²) in [5, 5.41) is 8.70. The molecule has 0 aliphatic rings. The molecule has 2 nitrogen and oxygen atoms in total. The summed E-state index contributed by atoms with van der Waals surface area (Å²) in [6.45, 7) is 1.94. The second kappa shape index (κ2) is 6.56. The molecule has 2 aromatic carbocycles. The lowest BCUT2D eigenvalue weighted by Crippen LogP contribution is -2.04. The van der Waals surface area contributed by atoms with Crippen molar-refractivity contribution in [3.8, 4) is 6.07 Å². The molecule has 1 unspecified atom stereocenters. The van der Waals surface area contributed by atoms with Crippen LogP contribution < -0.4 is 5.73 Å². The van der Waals surface area contributed by atoms with E-state index in [1.165, 1.54) is 6.07 Å². The van der Waals surface area contributed by atoms with E-state index < -0.39 is 0 Å². The highest BCUT2D eigenvalue weighted by atomic mass is 32.2. The lowest BCUT2D eigenvalue weighted by Gasteiger charge is -2.07. The summed E-state index contributed by atoms with van der Waals surface area (Å²) < 4.78 is 13.7. The first-order chi connectivity index (χ1) is 9.60. The summed E-state index contributed by atoms with van der Waals surface area (Å²) in [5.74, 6) is 0.207. The maximum absolute atomic E-state index is 13.7. The lowest BCUT2D eigenvalue weighted by atomic mass is 10.1. The van der Waals surface area contributed by atoms with E-state index in [1.807, 2.05) is 37.3 Å². The van der Waals surface area contributed by atoms with Crippen molar-refractivity contribution in [2.24, 2.45) is 5.73 Å². The zero-order valence-electron chi connectivity index (χ0n) is 11.1. The van der Waals surface area contributed by atoms with Gasteiger partial charge in [-0.05, 0) is 42.3 Å². The number of halogens is 1. The van der Waals surface area contributed by atoms with Crippen LogP contribution in [0.15, 0.2) is 47.4 Å². The van der Waals surface area contributed by atoms with E-state index in [4.69, 9.17) is 11.0 Å². The first kappa shape index (κ1) is 14.6. The Hall–Kier alpha value is -1.83. The molecule has 0 amide bonds. The third-order valence-electron chi connectivity index (χ3n) is 2.98. The predicted molar refractivity (Wildman–Crippen MR) is 79.7 cm³/mol. The Morgan fingerprint density at radius 3 is 2.50 bits per heavy atom. The predicted octanol–water partition coefficient (Wildman–Crippen LogP) is 4.01. The molecule has 0 saturated heterocycles. The molecule has 0 aromatic heterocycles. The SMILES string of the molecule is CC(N)c1ccc(SCc2ccc(C#N)cc2F)cc1. The molecule has 0 aliphatic carbocycles. The number of rotatable bonds is 4. The topological polar surface area (TPSA) is 49.8 Å². The molecule has 2 aromatic rings. The van der Waals surface area contributed by atoms with Crippen LogP contribution in [-0.4, -0.2) is 0 Å². The highest BCUT2D eigenvalue weighted by Gasteiger charge is 2.05. The maximum atomic E-state index is 13.7. The smallest absolute Gasteiger partial charge is 0.128 e. The van der Waals surface area contributed by atoms with E-state index >= 15 is 0 Å². The van der Waals surface area contributed by atoms with Crippen molar-refractivity contribution in [2.75, 3.05) is 0 Å². The van der Waals surface area contributed by atoms with Gasteiger partial charge in [-0.1, -0.05) is 18.2 Å². The summed E-state index contributed by atoms with van der Waals surface area (Å²) in [6, 6.07) is 14.5. The van der Waals surface area contributed by atoms with Gasteiger partial charge < -0.3 is 5.73 Å². The van der Waals surface area contributed by atoms with Gasteiger partial charge in [-0.2, -0.15) is 5.26 Å². The lowest BCUT2D eigenvalue weighted by molar-refractivity contribution is 0.617. The van der Waals surface area contributed by atoms with Gasteiger partial charge >= 0.3 is 0 Å². The molecule has 2 rings (SSSR count). The zero-order valence-corrected chi connectivity index (χ0v) is 12.0. The van der Waals surface area contributed by atoms with Gasteiger partial charge in [0.25, 0.3) is 0 Å². The highest BCUT2D eigenvalue weighted by Crippen LogP contribution is 2.25. The third-order valence-corrected chi connectivity index (χ3v) is 4.04. The van der Waals surface area contributed by atoms with Crippen LogP contribution in [0.25, 0.3) is 0 Å². The van der Waals surface area contributed by atoms with Gasteiger partial charge in [-0.15, -0.1) is 11.8 Å². The monoisotopic (exact) mass is 286 g/mol. The minimum absolute atomic E-state index is 0.0185. The van der Waals surface area contributed by atoms with Crippen LogP contribution in [0.4, 0.5) is 4.39 Å². The van der Waals surface area contributed by atoms with Gasteiger partial charge in [-0.3, -0.25) is 0 Å². The summed E-state index contributed by atoms with van der Waals surface area (Å²) >= 11 is 1.56. The van der Waals surface area contributed by atoms with Gasteiger partial charge in [0.15, 0.2) is 0 Å². The van der Waals surface area contributed by atoms with Gasteiger partial charge in [0.2, 0.25) is 0 Å². The molecular weight excluding hydrogens is 271 g/mol. The fourth-order valence-corrected chi connectivity index (χ4v) is 2.65. The molecule has 0 spiro atoms. The highest BCUT2D eigenvalue weighted by molar-refractivity contribution is 7.98. The van der Waals surface area contributed by atoms with Crippen LogP contribution in [-0.2, 0) is 5.75 Å². The number of nitriles is 1. The van der Waals surface area contributed by atoms with E-state index in [0.717, 1.165) is 10.5 Å². The molecule has 102 valence electrons. The van der Waals surface area contributed by atoms with Crippen LogP contribution in [0.1, 0.15) is 29.7 Å². The van der Waals surface area contributed by atoms with Gasteiger partial charge in [-0.25, -0.2) is 4.39 Å². The van der Waals surface area contributed by atoms with Gasteiger partial charge in [0, 0.05) is 16.7 Å². The standard InChI is InChI=1S/C16H15FN2S/c1-11(19)13-4-6-15(7-5-13)20-10-14-3-2-12(9-18)8-16(14)17/h2-8,11H,10,19H2,1H3. The summed E-state index contributed by atoms with van der Waals surface area (Å²) in [5.41, 5.74) is 7.82. The fourth-order valence-electron chi connectivity index (χ4n) is 1.76. The van der Waals surface area contributed by atoms with Crippen LogP contribution in [0.2, 0.25) is 0 Å². The largest absolute Gasteiger partial charge is 0.324 e.